The van der Waals surface area contributed by atoms with Crippen LogP contribution in [0.5, 0.6) is 0 Å². The molecule has 0 saturated heterocycles. The highest BCUT2D eigenvalue weighted by atomic mass is 32.1. The Bertz CT molecular complexity index is 440. The Morgan fingerprint density at radius 2 is 2.33 bits per heavy atom. The zero-order valence-corrected chi connectivity index (χ0v) is 9.50. The van der Waals surface area contributed by atoms with E-state index in [0.717, 1.165) is 29.1 Å². The second kappa shape index (κ2) is 4.55. The lowest BCUT2D eigenvalue weighted by Crippen LogP contribution is -2.29. The Morgan fingerprint density at radius 3 is 3.07 bits per heavy atom. The largest absolute Gasteiger partial charge is 0.355 e. The van der Waals surface area contributed by atoms with Gasteiger partial charge in [-0.25, -0.2) is 9.97 Å². The van der Waals surface area contributed by atoms with Crippen molar-refractivity contribution in [2.24, 2.45) is 5.73 Å². The zero-order chi connectivity index (χ0) is 10.7. The highest BCUT2D eigenvalue weighted by molar-refractivity contribution is 7.16. The third kappa shape index (κ3) is 1.93. The third-order valence-electron chi connectivity index (χ3n) is 2.32. The van der Waals surface area contributed by atoms with Gasteiger partial charge in [-0.05, 0) is 18.4 Å². The van der Waals surface area contributed by atoms with Crippen LogP contribution >= 0.6 is 11.3 Å². The number of thiophene rings is 1. The van der Waals surface area contributed by atoms with Crippen LogP contribution in [0, 0.1) is 0 Å². The van der Waals surface area contributed by atoms with Crippen molar-refractivity contribution in [1.82, 2.24) is 9.97 Å². The van der Waals surface area contributed by atoms with Gasteiger partial charge in [0.15, 0.2) is 0 Å². The van der Waals surface area contributed by atoms with Crippen molar-refractivity contribution >= 4 is 27.4 Å². The molecule has 15 heavy (non-hydrogen) atoms. The summed E-state index contributed by atoms with van der Waals surface area (Å²) >= 11 is 1.64. The number of nitrogens with two attached hydrogens (primary N) is 1. The van der Waals surface area contributed by atoms with E-state index in [4.69, 9.17) is 5.73 Å². The van der Waals surface area contributed by atoms with Crippen LogP contribution in [0.15, 0.2) is 17.8 Å². The minimum atomic E-state index is 0.642. The summed E-state index contributed by atoms with van der Waals surface area (Å²) in [6.07, 6.45) is 1.62. The standard InChI is InChI=1S/C10H14N4S/c1-2-14(5-4-11)9-8-3-6-15-10(8)13-7-12-9/h3,6-7H,2,4-5,11H2,1H3. The fourth-order valence-electron chi connectivity index (χ4n) is 1.60. The summed E-state index contributed by atoms with van der Waals surface area (Å²) < 4.78 is 0. The maximum Gasteiger partial charge on any atom is 0.140 e. The van der Waals surface area contributed by atoms with Gasteiger partial charge < -0.3 is 10.6 Å². The molecular formula is C10H14N4S. The monoisotopic (exact) mass is 222 g/mol. The van der Waals surface area contributed by atoms with Crippen molar-refractivity contribution < 1.29 is 0 Å². The maximum absolute atomic E-state index is 5.58. The van der Waals surface area contributed by atoms with Gasteiger partial charge >= 0.3 is 0 Å². The first-order valence-corrected chi connectivity index (χ1v) is 5.88. The van der Waals surface area contributed by atoms with Crippen molar-refractivity contribution in [3.05, 3.63) is 17.8 Å². The highest BCUT2D eigenvalue weighted by Crippen LogP contribution is 2.26. The molecular weight excluding hydrogens is 208 g/mol. The SMILES string of the molecule is CCN(CCN)c1ncnc2sccc12. The Hall–Kier alpha value is -1.20. The van der Waals surface area contributed by atoms with Gasteiger partial charge in [-0.2, -0.15) is 0 Å². The predicted octanol–water partition coefficient (Wildman–Crippen LogP) is 1.48. The summed E-state index contributed by atoms with van der Waals surface area (Å²) in [7, 11) is 0. The second-order valence-electron chi connectivity index (χ2n) is 3.21. The quantitative estimate of drug-likeness (QED) is 0.851. The summed E-state index contributed by atoms with van der Waals surface area (Å²) in [5, 5.41) is 3.16. The molecule has 0 unspecified atom stereocenters. The third-order valence-corrected chi connectivity index (χ3v) is 3.14. The molecule has 2 aromatic rings. The fraction of sp³-hybridized carbons (Fsp3) is 0.400. The van der Waals surface area contributed by atoms with Crippen molar-refractivity contribution in [3.63, 3.8) is 0 Å². The molecule has 0 atom stereocenters. The van der Waals surface area contributed by atoms with E-state index in [1.165, 1.54) is 0 Å². The molecule has 80 valence electrons. The van der Waals surface area contributed by atoms with Gasteiger partial charge in [-0.1, -0.05) is 0 Å². The summed E-state index contributed by atoms with van der Waals surface area (Å²) in [5.74, 6) is 0.995. The lowest BCUT2D eigenvalue weighted by atomic mass is 10.3. The smallest absolute Gasteiger partial charge is 0.140 e. The molecule has 0 aliphatic carbocycles. The average molecular weight is 222 g/mol. The Balaban J connectivity index is 2.44. The van der Waals surface area contributed by atoms with Crippen LogP contribution in [0.4, 0.5) is 5.82 Å². The molecule has 0 bridgehead atoms. The molecule has 0 fully saturated rings. The summed E-state index contributed by atoms with van der Waals surface area (Å²) in [4.78, 5) is 11.8. The van der Waals surface area contributed by atoms with Gasteiger partial charge in [0.05, 0.1) is 5.39 Å². The molecule has 0 aliphatic heterocycles. The number of rotatable bonds is 4. The van der Waals surface area contributed by atoms with Crippen molar-refractivity contribution in [2.75, 3.05) is 24.5 Å². The topological polar surface area (TPSA) is 55.0 Å². The van der Waals surface area contributed by atoms with E-state index in [9.17, 15) is 0 Å². The lowest BCUT2D eigenvalue weighted by molar-refractivity contribution is 0.804. The van der Waals surface area contributed by atoms with E-state index in [0.29, 0.717) is 6.54 Å². The van der Waals surface area contributed by atoms with Crippen LogP contribution in [-0.2, 0) is 0 Å². The van der Waals surface area contributed by atoms with Crippen LogP contribution in [0.2, 0.25) is 0 Å². The first-order valence-electron chi connectivity index (χ1n) is 5.00. The van der Waals surface area contributed by atoms with E-state index in [1.807, 2.05) is 5.38 Å². The van der Waals surface area contributed by atoms with Gasteiger partial charge in [0.25, 0.3) is 0 Å². The number of hydrogen-bond donors (Lipinski definition) is 1. The number of aromatic nitrogens is 2. The summed E-state index contributed by atoms with van der Waals surface area (Å²) in [6, 6.07) is 2.06. The van der Waals surface area contributed by atoms with Gasteiger partial charge in [0.1, 0.15) is 17.0 Å². The van der Waals surface area contributed by atoms with Crippen molar-refractivity contribution in [1.29, 1.82) is 0 Å². The molecule has 0 saturated carbocycles. The normalized spacial score (nSPS) is 10.8. The van der Waals surface area contributed by atoms with Crippen LogP contribution in [0.3, 0.4) is 0 Å². The molecule has 0 spiro atoms. The predicted molar refractivity (Wildman–Crippen MR) is 64.4 cm³/mol. The van der Waals surface area contributed by atoms with E-state index >= 15 is 0 Å². The minimum Gasteiger partial charge on any atom is -0.355 e. The molecule has 4 nitrogen and oxygen atoms in total. The Kier molecular flexibility index (Phi) is 3.13. The van der Waals surface area contributed by atoms with Crippen LogP contribution in [0.1, 0.15) is 6.92 Å². The molecule has 2 N–H and O–H groups in total. The van der Waals surface area contributed by atoms with E-state index < -0.39 is 0 Å². The number of likely N-dealkylation sites (N-methyl/N-ethyl adjacent to an activating group) is 1. The van der Waals surface area contributed by atoms with Crippen LogP contribution in [-0.4, -0.2) is 29.6 Å². The number of nitrogens with zero attached hydrogens (tertiary/aromatic N) is 3. The van der Waals surface area contributed by atoms with Gasteiger partial charge in [-0.15, -0.1) is 11.3 Å². The van der Waals surface area contributed by atoms with Crippen LogP contribution in [0.25, 0.3) is 10.2 Å². The first-order chi connectivity index (χ1) is 7.36. The van der Waals surface area contributed by atoms with Crippen molar-refractivity contribution in [2.45, 2.75) is 6.92 Å². The van der Waals surface area contributed by atoms with Gasteiger partial charge in [0.2, 0.25) is 0 Å². The molecule has 5 heteroatoms. The average Bonchev–Trinajstić information content (AvgIpc) is 2.73. The number of hydrogen-bond acceptors (Lipinski definition) is 5. The second-order valence-corrected chi connectivity index (χ2v) is 4.10. The number of fused-ring (bicyclic) bond motifs is 1. The van der Waals surface area contributed by atoms with E-state index in [1.54, 1.807) is 17.7 Å². The molecule has 0 aromatic carbocycles. The van der Waals surface area contributed by atoms with Gasteiger partial charge in [-0.3, -0.25) is 0 Å². The minimum absolute atomic E-state index is 0.642. The van der Waals surface area contributed by atoms with Crippen LogP contribution < -0.4 is 10.6 Å². The van der Waals surface area contributed by atoms with Gasteiger partial charge in [0, 0.05) is 19.6 Å². The molecule has 0 aliphatic rings. The lowest BCUT2D eigenvalue weighted by Gasteiger charge is -2.21. The molecule has 2 aromatic heterocycles. The molecule has 2 rings (SSSR count). The zero-order valence-electron chi connectivity index (χ0n) is 8.68. The summed E-state index contributed by atoms with van der Waals surface area (Å²) in [5.41, 5.74) is 5.58. The molecule has 2 heterocycles. The fourth-order valence-corrected chi connectivity index (χ4v) is 2.33. The van der Waals surface area contributed by atoms with E-state index in [-0.39, 0.29) is 0 Å². The summed E-state index contributed by atoms with van der Waals surface area (Å²) in [6.45, 7) is 4.50. The molecule has 0 amide bonds. The van der Waals surface area contributed by atoms with Crippen molar-refractivity contribution in [3.8, 4) is 0 Å². The number of anilines is 1. The first kappa shape index (κ1) is 10.3. The maximum atomic E-state index is 5.58. The molecule has 0 radical (unpaired) electrons. The Labute approximate surface area is 92.8 Å². The van der Waals surface area contributed by atoms with E-state index in [2.05, 4.69) is 27.9 Å². The Morgan fingerprint density at radius 1 is 1.47 bits per heavy atom. The highest BCUT2D eigenvalue weighted by Gasteiger charge is 2.10.